The monoisotopic (exact) mass is 373 g/mol. The molecule has 130 valence electrons. The molecule has 3 rings (SSSR count). The maximum atomic E-state index is 12.4. The molecular formula is C19H19NO3S2. The molecule has 6 heteroatoms. The minimum absolute atomic E-state index is 0.414. The van der Waals surface area contributed by atoms with Crippen molar-refractivity contribution in [3.8, 4) is 0 Å². The van der Waals surface area contributed by atoms with Crippen LogP contribution in [0.5, 0.6) is 0 Å². The van der Waals surface area contributed by atoms with Gasteiger partial charge in [-0.2, -0.15) is 0 Å². The highest BCUT2D eigenvalue weighted by Gasteiger charge is 2.23. The summed E-state index contributed by atoms with van der Waals surface area (Å²) in [6.45, 7) is 0. The quantitative estimate of drug-likeness (QED) is 0.804. The second-order valence-corrected chi connectivity index (χ2v) is 8.37. The molecule has 2 aromatic rings. The Hall–Kier alpha value is -1.92. The third kappa shape index (κ3) is 4.58. The van der Waals surface area contributed by atoms with E-state index in [0.29, 0.717) is 15.7 Å². The van der Waals surface area contributed by atoms with Crippen molar-refractivity contribution in [2.24, 2.45) is 5.73 Å². The molecule has 1 saturated heterocycles. The Morgan fingerprint density at radius 1 is 1.00 bits per heavy atom. The third-order valence-corrected chi connectivity index (χ3v) is 6.85. The molecule has 0 bridgehead atoms. The van der Waals surface area contributed by atoms with Crippen molar-refractivity contribution in [3.63, 3.8) is 0 Å². The van der Waals surface area contributed by atoms with Crippen LogP contribution in [-0.4, -0.2) is 23.4 Å². The van der Waals surface area contributed by atoms with Crippen molar-refractivity contribution in [2.75, 3.05) is 11.5 Å². The van der Waals surface area contributed by atoms with Gasteiger partial charge in [0.1, 0.15) is 0 Å². The van der Waals surface area contributed by atoms with Crippen molar-refractivity contribution in [2.45, 2.75) is 17.1 Å². The Bertz CT molecular complexity index is 728. The van der Waals surface area contributed by atoms with Crippen LogP contribution in [-0.2, 0) is 9.53 Å². The molecule has 0 spiro atoms. The zero-order valence-corrected chi connectivity index (χ0v) is 15.2. The molecule has 2 aromatic carbocycles. The van der Waals surface area contributed by atoms with Gasteiger partial charge in [-0.15, -0.1) is 23.5 Å². The van der Waals surface area contributed by atoms with Gasteiger partial charge in [0.25, 0.3) is 5.91 Å². The Morgan fingerprint density at radius 2 is 1.64 bits per heavy atom. The second kappa shape index (κ2) is 8.45. The molecule has 4 nitrogen and oxygen atoms in total. The van der Waals surface area contributed by atoms with Crippen LogP contribution in [0.1, 0.15) is 38.6 Å². The lowest BCUT2D eigenvalue weighted by molar-refractivity contribution is -0.127. The predicted molar refractivity (Wildman–Crippen MR) is 103 cm³/mol. The van der Waals surface area contributed by atoms with Gasteiger partial charge in [-0.25, -0.2) is 4.79 Å². The van der Waals surface area contributed by atoms with Gasteiger partial charge in [0.05, 0.1) is 10.1 Å². The molecule has 0 radical (unpaired) electrons. The Morgan fingerprint density at radius 3 is 2.24 bits per heavy atom. The topological polar surface area (TPSA) is 69.4 Å². The first-order chi connectivity index (χ1) is 12.1. The number of thioether (sulfide) groups is 2. The number of hydrogen-bond acceptors (Lipinski definition) is 5. The van der Waals surface area contributed by atoms with Crippen LogP contribution in [0.15, 0.2) is 54.6 Å². The van der Waals surface area contributed by atoms with Gasteiger partial charge < -0.3 is 10.5 Å². The second-order valence-electron chi connectivity index (χ2n) is 5.65. The summed E-state index contributed by atoms with van der Waals surface area (Å²) < 4.78 is 5.76. The van der Waals surface area contributed by atoms with Crippen molar-refractivity contribution < 1.29 is 14.3 Å². The van der Waals surface area contributed by atoms with Gasteiger partial charge in [-0.1, -0.05) is 42.5 Å². The van der Waals surface area contributed by atoms with E-state index in [1.54, 1.807) is 36.4 Å². The van der Waals surface area contributed by atoms with Crippen LogP contribution in [0.25, 0.3) is 0 Å². The van der Waals surface area contributed by atoms with Crippen LogP contribution < -0.4 is 5.73 Å². The first-order valence-corrected chi connectivity index (χ1v) is 10.1. The standard InChI is InChI=1S/C19H19NO3S2/c20-17(21)16(13-5-2-1-3-6-13)23-18(22)14-7-9-15(10-8-14)19-24-11-4-12-25-19/h1-3,5-10,16,19H,4,11-12H2,(H2,20,21). The Balaban J connectivity index is 1.70. The fourth-order valence-corrected chi connectivity index (χ4v) is 5.44. The maximum absolute atomic E-state index is 12.4. The van der Waals surface area contributed by atoms with Gasteiger partial charge >= 0.3 is 5.97 Å². The highest BCUT2D eigenvalue weighted by molar-refractivity contribution is 8.16. The number of nitrogens with two attached hydrogens (primary N) is 1. The smallest absolute Gasteiger partial charge is 0.339 e. The van der Waals surface area contributed by atoms with E-state index in [0.717, 1.165) is 0 Å². The van der Waals surface area contributed by atoms with E-state index in [1.165, 1.54) is 23.5 Å². The summed E-state index contributed by atoms with van der Waals surface area (Å²) in [6.07, 6.45) is 0.155. The molecule has 0 aromatic heterocycles. The van der Waals surface area contributed by atoms with E-state index in [-0.39, 0.29) is 0 Å². The van der Waals surface area contributed by atoms with Gasteiger partial charge in [-0.05, 0) is 35.6 Å². The molecule has 1 heterocycles. The van der Waals surface area contributed by atoms with E-state index in [2.05, 4.69) is 0 Å². The van der Waals surface area contributed by atoms with Crippen molar-refractivity contribution in [1.29, 1.82) is 0 Å². The van der Waals surface area contributed by atoms with E-state index >= 15 is 0 Å². The average molecular weight is 373 g/mol. The number of ether oxygens (including phenoxy) is 1. The zero-order chi connectivity index (χ0) is 17.6. The molecule has 1 fully saturated rings. The molecule has 1 amide bonds. The summed E-state index contributed by atoms with van der Waals surface area (Å²) >= 11 is 3.86. The molecule has 0 saturated carbocycles. The van der Waals surface area contributed by atoms with Gasteiger partial charge in [-0.3, -0.25) is 4.79 Å². The summed E-state index contributed by atoms with van der Waals surface area (Å²) in [5, 5.41) is 0. The number of primary amides is 1. The van der Waals surface area contributed by atoms with Crippen molar-refractivity contribution in [1.82, 2.24) is 0 Å². The van der Waals surface area contributed by atoms with Crippen LogP contribution >= 0.6 is 23.5 Å². The number of carbonyl (C=O) groups excluding carboxylic acids is 2. The number of benzene rings is 2. The van der Waals surface area contributed by atoms with E-state index < -0.39 is 18.0 Å². The number of hydrogen-bond donors (Lipinski definition) is 1. The zero-order valence-electron chi connectivity index (χ0n) is 13.6. The lowest BCUT2D eigenvalue weighted by atomic mass is 10.1. The minimum atomic E-state index is -1.09. The fourth-order valence-electron chi connectivity index (χ4n) is 2.55. The average Bonchev–Trinajstić information content (AvgIpc) is 2.67. The SMILES string of the molecule is NC(=O)C(OC(=O)c1ccc(C2SCCCS2)cc1)c1ccccc1. The number of amides is 1. The predicted octanol–water partition coefficient (Wildman–Crippen LogP) is 3.94. The van der Waals surface area contributed by atoms with Crippen LogP contribution in [0.2, 0.25) is 0 Å². The summed E-state index contributed by atoms with van der Waals surface area (Å²) in [5.41, 5.74) is 7.57. The maximum Gasteiger partial charge on any atom is 0.339 e. The molecule has 0 aliphatic carbocycles. The Labute approximate surface area is 155 Å². The van der Waals surface area contributed by atoms with E-state index in [1.807, 2.05) is 41.7 Å². The number of rotatable bonds is 5. The molecule has 1 aliphatic heterocycles. The third-order valence-electron chi connectivity index (χ3n) is 3.83. The molecule has 25 heavy (non-hydrogen) atoms. The normalized spacial score (nSPS) is 16.2. The molecule has 2 N–H and O–H groups in total. The largest absolute Gasteiger partial charge is 0.444 e. The lowest BCUT2D eigenvalue weighted by Gasteiger charge is -2.21. The van der Waals surface area contributed by atoms with Gasteiger partial charge in [0.2, 0.25) is 6.10 Å². The van der Waals surface area contributed by atoms with Gasteiger partial charge in [0.15, 0.2) is 0 Å². The van der Waals surface area contributed by atoms with Crippen LogP contribution in [0, 0.1) is 0 Å². The Kier molecular flexibility index (Phi) is 6.04. The highest BCUT2D eigenvalue weighted by Crippen LogP contribution is 2.43. The summed E-state index contributed by atoms with van der Waals surface area (Å²) in [6, 6.07) is 16.2. The molecule has 1 aliphatic rings. The van der Waals surface area contributed by atoms with E-state index in [4.69, 9.17) is 10.5 Å². The highest BCUT2D eigenvalue weighted by atomic mass is 32.2. The first-order valence-electron chi connectivity index (χ1n) is 8.03. The fraction of sp³-hybridized carbons (Fsp3) is 0.263. The number of carbonyl (C=O) groups is 2. The molecule has 1 unspecified atom stereocenters. The lowest BCUT2D eigenvalue weighted by Crippen LogP contribution is -2.26. The first kappa shape index (κ1) is 17.9. The van der Waals surface area contributed by atoms with Crippen LogP contribution in [0.4, 0.5) is 0 Å². The van der Waals surface area contributed by atoms with Crippen molar-refractivity contribution >= 4 is 35.4 Å². The van der Waals surface area contributed by atoms with Crippen molar-refractivity contribution in [3.05, 3.63) is 71.3 Å². The van der Waals surface area contributed by atoms with Crippen LogP contribution in [0.3, 0.4) is 0 Å². The summed E-state index contributed by atoms with van der Waals surface area (Å²) in [5.74, 6) is 1.09. The summed E-state index contributed by atoms with van der Waals surface area (Å²) in [4.78, 5) is 24.0. The number of esters is 1. The summed E-state index contributed by atoms with van der Waals surface area (Å²) in [7, 11) is 0. The molecule has 1 atom stereocenters. The molecular weight excluding hydrogens is 354 g/mol. The minimum Gasteiger partial charge on any atom is -0.444 e. The van der Waals surface area contributed by atoms with E-state index in [9.17, 15) is 9.59 Å². The van der Waals surface area contributed by atoms with Gasteiger partial charge in [0, 0.05) is 5.56 Å².